The number of anilines is 3. The number of aromatic nitrogens is 1. The first kappa shape index (κ1) is 16.2. The zero-order chi connectivity index (χ0) is 16.8. The fourth-order valence-electron chi connectivity index (χ4n) is 2.28. The van der Waals surface area contributed by atoms with Gasteiger partial charge in [0.25, 0.3) is 0 Å². The van der Waals surface area contributed by atoms with Crippen LogP contribution in [0.25, 0.3) is 0 Å². The molecule has 0 saturated carbocycles. The zero-order valence-electron chi connectivity index (χ0n) is 13.5. The molecule has 1 heterocycles. The SMILES string of the molecule is CCc1ccc(Nc2nc(CC(=O)Nc3ccccc3)cs2)cc1. The molecule has 0 spiro atoms. The highest BCUT2D eigenvalue weighted by Gasteiger charge is 2.08. The van der Waals surface area contributed by atoms with Gasteiger partial charge in [-0.3, -0.25) is 4.79 Å². The van der Waals surface area contributed by atoms with E-state index < -0.39 is 0 Å². The average Bonchev–Trinajstić information content (AvgIpc) is 3.03. The zero-order valence-corrected chi connectivity index (χ0v) is 14.3. The van der Waals surface area contributed by atoms with Crippen LogP contribution in [-0.4, -0.2) is 10.9 Å². The van der Waals surface area contributed by atoms with Crippen molar-refractivity contribution in [1.82, 2.24) is 4.98 Å². The third-order valence-corrected chi connectivity index (χ3v) is 4.37. The first-order chi connectivity index (χ1) is 11.7. The van der Waals surface area contributed by atoms with Gasteiger partial charge in [0.1, 0.15) is 0 Å². The smallest absolute Gasteiger partial charge is 0.230 e. The molecule has 3 rings (SSSR count). The maximum Gasteiger partial charge on any atom is 0.230 e. The van der Waals surface area contributed by atoms with Crippen molar-refractivity contribution in [3.8, 4) is 0 Å². The Morgan fingerprint density at radius 1 is 1.04 bits per heavy atom. The molecule has 2 N–H and O–H groups in total. The third kappa shape index (κ3) is 4.43. The van der Waals surface area contributed by atoms with Gasteiger partial charge < -0.3 is 10.6 Å². The summed E-state index contributed by atoms with van der Waals surface area (Å²) in [5.41, 5.74) is 3.87. The third-order valence-electron chi connectivity index (χ3n) is 3.56. The standard InChI is InChI=1S/C19H19N3OS/c1-2-14-8-10-16(11-9-14)21-19-22-17(13-24-19)12-18(23)20-15-6-4-3-5-7-15/h3-11,13H,2,12H2,1H3,(H,20,23)(H,21,22). The number of thiazole rings is 1. The molecule has 0 bridgehead atoms. The maximum absolute atomic E-state index is 12.1. The Morgan fingerprint density at radius 3 is 2.50 bits per heavy atom. The molecule has 2 aromatic carbocycles. The molecular weight excluding hydrogens is 318 g/mol. The quantitative estimate of drug-likeness (QED) is 0.689. The van der Waals surface area contributed by atoms with E-state index >= 15 is 0 Å². The minimum Gasteiger partial charge on any atom is -0.332 e. The monoisotopic (exact) mass is 337 g/mol. The molecule has 4 nitrogen and oxygen atoms in total. The summed E-state index contributed by atoms with van der Waals surface area (Å²) in [6, 6.07) is 17.7. The molecule has 0 aliphatic heterocycles. The second kappa shape index (κ2) is 7.75. The molecule has 1 aromatic heterocycles. The number of benzene rings is 2. The van der Waals surface area contributed by atoms with Crippen LogP contribution in [0, 0.1) is 0 Å². The van der Waals surface area contributed by atoms with Gasteiger partial charge in [0.15, 0.2) is 5.13 Å². The number of hydrogen-bond donors (Lipinski definition) is 2. The fraction of sp³-hybridized carbons (Fsp3) is 0.158. The first-order valence-corrected chi connectivity index (χ1v) is 8.76. The van der Waals surface area contributed by atoms with Gasteiger partial charge >= 0.3 is 0 Å². The average molecular weight is 337 g/mol. The molecule has 1 amide bonds. The van der Waals surface area contributed by atoms with E-state index in [1.807, 2.05) is 47.8 Å². The minimum atomic E-state index is -0.0645. The van der Waals surface area contributed by atoms with Crippen LogP contribution in [-0.2, 0) is 17.6 Å². The summed E-state index contributed by atoms with van der Waals surface area (Å²) in [6.45, 7) is 2.13. The Balaban J connectivity index is 1.57. The number of para-hydroxylation sites is 1. The van der Waals surface area contributed by atoms with Gasteiger partial charge in [-0.1, -0.05) is 37.3 Å². The molecule has 5 heteroatoms. The highest BCUT2D eigenvalue weighted by molar-refractivity contribution is 7.13. The lowest BCUT2D eigenvalue weighted by Crippen LogP contribution is -2.14. The summed E-state index contributed by atoms with van der Waals surface area (Å²) < 4.78 is 0. The summed E-state index contributed by atoms with van der Waals surface area (Å²) in [5, 5.41) is 8.84. The van der Waals surface area contributed by atoms with Crippen molar-refractivity contribution < 1.29 is 4.79 Å². The van der Waals surface area contributed by atoms with Crippen molar-refractivity contribution in [3.05, 3.63) is 71.2 Å². The van der Waals surface area contributed by atoms with E-state index in [0.717, 1.165) is 28.6 Å². The van der Waals surface area contributed by atoms with E-state index in [0.29, 0.717) is 0 Å². The van der Waals surface area contributed by atoms with Crippen LogP contribution in [0.3, 0.4) is 0 Å². The number of carbonyl (C=O) groups is 1. The Hall–Kier alpha value is -2.66. The largest absolute Gasteiger partial charge is 0.332 e. The van der Waals surface area contributed by atoms with Crippen LogP contribution < -0.4 is 10.6 Å². The van der Waals surface area contributed by atoms with Crippen molar-refractivity contribution in [2.45, 2.75) is 19.8 Å². The summed E-state index contributed by atoms with van der Waals surface area (Å²) >= 11 is 1.50. The van der Waals surface area contributed by atoms with Gasteiger partial charge in [-0.25, -0.2) is 4.98 Å². The minimum absolute atomic E-state index is 0.0645. The number of rotatable bonds is 6. The van der Waals surface area contributed by atoms with Gasteiger partial charge in [0.05, 0.1) is 12.1 Å². The van der Waals surface area contributed by atoms with Crippen molar-refractivity contribution in [2.24, 2.45) is 0 Å². The van der Waals surface area contributed by atoms with Crippen LogP contribution in [0.2, 0.25) is 0 Å². The lowest BCUT2D eigenvalue weighted by molar-refractivity contribution is -0.115. The molecule has 0 unspecified atom stereocenters. The Labute approximate surface area is 145 Å². The van der Waals surface area contributed by atoms with E-state index in [1.54, 1.807) is 0 Å². The van der Waals surface area contributed by atoms with Gasteiger partial charge in [0, 0.05) is 16.8 Å². The summed E-state index contributed by atoms with van der Waals surface area (Å²) in [7, 11) is 0. The number of hydrogen-bond acceptors (Lipinski definition) is 4. The highest BCUT2D eigenvalue weighted by atomic mass is 32.1. The van der Waals surface area contributed by atoms with Crippen LogP contribution in [0.4, 0.5) is 16.5 Å². The first-order valence-electron chi connectivity index (χ1n) is 7.88. The maximum atomic E-state index is 12.1. The number of nitrogens with one attached hydrogen (secondary N) is 2. The molecule has 0 atom stereocenters. The summed E-state index contributed by atoms with van der Waals surface area (Å²) in [5.74, 6) is -0.0645. The second-order valence-electron chi connectivity index (χ2n) is 5.41. The van der Waals surface area contributed by atoms with Crippen LogP contribution in [0.1, 0.15) is 18.2 Å². The van der Waals surface area contributed by atoms with Crippen molar-refractivity contribution >= 4 is 33.8 Å². The molecule has 24 heavy (non-hydrogen) atoms. The normalized spacial score (nSPS) is 10.4. The number of carbonyl (C=O) groups excluding carboxylic acids is 1. The van der Waals surface area contributed by atoms with E-state index in [2.05, 4.69) is 34.7 Å². The topological polar surface area (TPSA) is 54.0 Å². The van der Waals surface area contributed by atoms with Gasteiger partial charge in [-0.05, 0) is 36.2 Å². The summed E-state index contributed by atoms with van der Waals surface area (Å²) in [4.78, 5) is 16.5. The predicted molar refractivity (Wildman–Crippen MR) is 100.0 cm³/mol. The molecular formula is C19H19N3OS. The van der Waals surface area contributed by atoms with Gasteiger partial charge in [-0.2, -0.15) is 0 Å². The van der Waals surface area contributed by atoms with Gasteiger partial charge in [0.2, 0.25) is 5.91 Å². The van der Waals surface area contributed by atoms with Crippen LogP contribution in [0.15, 0.2) is 60.0 Å². The Kier molecular flexibility index (Phi) is 5.23. The van der Waals surface area contributed by atoms with E-state index in [4.69, 9.17) is 0 Å². The Morgan fingerprint density at radius 2 is 1.79 bits per heavy atom. The molecule has 0 radical (unpaired) electrons. The molecule has 122 valence electrons. The predicted octanol–water partition coefficient (Wildman–Crippen LogP) is 4.63. The van der Waals surface area contributed by atoms with E-state index in [-0.39, 0.29) is 12.3 Å². The number of nitrogens with zero attached hydrogens (tertiary/aromatic N) is 1. The molecule has 3 aromatic rings. The molecule has 0 saturated heterocycles. The number of amides is 1. The lowest BCUT2D eigenvalue weighted by Gasteiger charge is -2.04. The van der Waals surface area contributed by atoms with Crippen molar-refractivity contribution in [3.63, 3.8) is 0 Å². The van der Waals surface area contributed by atoms with Crippen LogP contribution >= 0.6 is 11.3 Å². The fourth-order valence-corrected chi connectivity index (χ4v) is 3.01. The van der Waals surface area contributed by atoms with Crippen molar-refractivity contribution in [1.29, 1.82) is 0 Å². The Bertz CT molecular complexity index is 797. The number of aryl methyl sites for hydroxylation is 1. The van der Waals surface area contributed by atoms with Crippen molar-refractivity contribution in [2.75, 3.05) is 10.6 Å². The second-order valence-corrected chi connectivity index (χ2v) is 6.27. The van der Waals surface area contributed by atoms with E-state index in [1.165, 1.54) is 16.9 Å². The molecule has 0 fully saturated rings. The highest BCUT2D eigenvalue weighted by Crippen LogP contribution is 2.22. The summed E-state index contributed by atoms with van der Waals surface area (Å²) in [6.07, 6.45) is 1.29. The van der Waals surface area contributed by atoms with Gasteiger partial charge in [-0.15, -0.1) is 11.3 Å². The van der Waals surface area contributed by atoms with E-state index in [9.17, 15) is 4.79 Å². The lowest BCUT2D eigenvalue weighted by atomic mass is 10.1. The molecule has 0 aliphatic rings. The van der Waals surface area contributed by atoms with Crippen LogP contribution in [0.5, 0.6) is 0 Å². The molecule has 0 aliphatic carbocycles.